The molecule has 1 rings (SSSR count). The van der Waals surface area contributed by atoms with Gasteiger partial charge in [-0.2, -0.15) is 0 Å². The molecule has 4 N–H and O–H groups in total. The first-order valence-corrected chi connectivity index (χ1v) is 6.04. The van der Waals surface area contributed by atoms with Crippen molar-refractivity contribution in [3.05, 3.63) is 0 Å². The van der Waals surface area contributed by atoms with Gasteiger partial charge in [-0.05, 0) is 19.3 Å². The van der Waals surface area contributed by atoms with Crippen molar-refractivity contribution in [3.63, 3.8) is 0 Å². The number of aliphatic carboxylic acids is 1. The number of carbonyl (C=O) groups excluding carboxylic acids is 2. The van der Waals surface area contributed by atoms with Gasteiger partial charge in [-0.3, -0.25) is 9.59 Å². The fraction of sp³-hybridized carbons (Fsp3) is 0.727. The molecule has 1 saturated heterocycles. The zero-order valence-corrected chi connectivity index (χ0v) is 10.2. The Morgan fingerprint density at radius 1 is 1.39 bits per heavy atom. The van der Waals surface area contributed by atoms with Gasteiger partial charge in [0.2, 0.25) is 5.91 Å². The van der Waals surface area contributed by atoms with Crippen LogP contribution in [0.15, 0.2) is 0 Å². The van der Waals surface area contributed by atoms with Crippen LogP contribution in [0.3, 0.4) is 0 Å². The maximum absolute atomic E-state index is 11.7. The zero-order chi connectivity index (χ0) is 13.5. The molecule has 3 amide bonds. The number of urea groups is 1. The Morgan fingerprint density at radius 2 is 2.11 bits per heavy atom. The van der Waals surface area contributed by atoms with Crippen molar-refractivity contribution in [2.45, 2.75) is 25.7 Å². The predicted octanol–water partition coefficient (Wildman–Crippen LogP) is -0.242. The number of carboxylic acid groups (broad SMARTS) is 1. The van der Waals surface area contributed by atoms with Crippen LogP contribution >= 0.6 is 0 Å². The molecule has 1 fully saturated rings. The molecule has 0 aliphatic carbocycles. The minimum absolute atomic E-state index is 0.234. The molecule has 1 atom stereocenters. The van der Waals surface area contributed by atoms with Crippen LogP contribution in [0.2, 0.25) is 0 Å². The van der Waals surface area contributed by atoms with E-state index in [1.54, 1.807) is 0 Å². The Labute approximate surface area is 105 Å². The summed E-state index contributed by atoms with van der Waals surface area (Å²) >= 11 is 0. The molecule has 0 spiro atoms. The van der Waals surface area contributed by atoms with E-state index in [0.717, 1.165) is 0 Å². The number of nitrogens with two attached hydrogens (primary N) is 1. The summed E-state index contributed by atoms with van der Waals surface area (Å²) in [6.45, 7) is 1.19. The van der Waals surface area contributed by atoms with Crippen molar-refractivity contribution in [1.82, 2.24) is 10.2 Å². The van der Waals surface area contributed by atoms with Crippen molar-refractivity contribution in [1.29, 1.82) is 0 Å². The summed E-state index contributed by atoms with van der Waals surface area (Å²) in [5.74, 6) is -1.73. The summed E-state index contributed by atoms with van der Waals surface area (Å²) in [6, 6.07) is -0.273. The first kappa shape index (κ1) is 14.3. The number of carbonyl (C=O) groups is 3. The van der Waals surface area contributed by atoms with Crippen molar-refractivity contribution in [2.75, 3.05) is 19.6 Å². The quantitative estimate of drug-likeness (QED) is 0.590. The number of primary amides is 1. The monoisotopic (exact) mass is 257 g/mol. The molecule has 0 unspecified atom stereocenters. The maximum atomic E-state index is 11.7. The smallest absolute Gasteiger partial charge is 0.317 e. The number of nitrogens with zero attached hydrogens (tertiary/aromatic N) is 1. The van der Waals surface area contributed by atoms with E-state index in [4.69, 9.17) is 10.8 Å². The van der Waals surface area contributed by atoms with Gasteiger partial charge in [-0.25, -0.2) is 4.79 Å². The van der Waals surface area contributed by atoms with Crippen molar-refractivity contribution >= 4 is 17.9 Å². The van der Waals surface area contributed by atoms with Gasteiger partial charge in [-0.15, -0.1) is 0 Å². The molecule has 1 aliphatic rings. The second kappa shape index (κ2) is 6.83. The van der Waals surface area contributed by atoms with E-state index in [9.17, 15) is 14.4 Å². The summed E-state index contributed by atoms with van der Waals surface area (Å²) in [4.78, 5) is 34.6. The zero-order valence-electron chi connectivity index (χ0n) is 10.2. The van der Waals surface area contributed by atoms with Gasteiger partial charge >= 0.3 is 12.0 Å². The highest BCUT2D eigenvalue weighted by Gasteiger charge is 2.27. The molecule has 0 saturated carbocycles. The third-order valence-corrected chi connectivity index (χ3v) is 2.93. The molecule has 1 heterocycles. The van der Waals surface area contributed by atoms with Gasteiger partial charge < -0.3 is 21.1 Å². The van der Waals surface area contributed by atoms with Gasteiger partial charge in [0.25, 0.3) is 0 Å². The van der Waals surface area contributed by atoms with E-state index in [2.05, 4.69) is 5.32 Å². The summed E-state index contributed by atoms with van der Waals surface area (Å²) < 4.78 is 0. The lowest BCUT2D eigenvalue weighted by Crippen LogP contribution is -2.47. The van der Waals surface area contributed by atoms with E-state index < -0.39 is 17.8 Å². The highest BCUT2D eigenvalue weighted by molar-refractivity contribution is 5.76. The number of piperidine rings is 1. The second-order valence-corrected chi connectivity index (χ2v) is 4.43. The number of nitrogens with one attached hydrogen (secondary N) is 1. The summed E-state index contributed by atoms with van der Waals surface area (Å²) in [6.07, 6.45) is 2.04. The van der Waals surface area contributed by atoms with Crippen molar-refractivity contribution < 1.29 is 19.5 Å². The first-order chi connectivity index (χ1) is 8.50. The number of rotatable bonds is 5. The van der Waals surface area contributed by atoms with Crippen LogP contribution in [-0.4, -0.2) is 47.5 Å². The molecule has 0 radical (unpaired) electrons. The number of amides is 3. The Bertz CT molecular complexity index is 332. The van der Waals surface area contributed by atoms with Crippen LogP contribution in [0.25, 0.3) is 0 Å². The average molecular weight is 257 g/mol. The van der Waals surface area contributed by atoms with Crippen LogP contribution in [-0.2, 0) is 9.59 Å². The minimum Gasteiger partial charge on any atom is -0.481 e. The van der Waals surface area contributed by atoms with Crippen LogP contribution in [0.1, 0.15) is 25.7 Å². The fourth-order valence-electron chi connectivity index (χ4n) is 1.93. The minimum atomic E-state index is -0.860. The average Bonchev–Trinajstić information content (AvgIpc) is 2.34. The van der Waals surface area contributed by atoms with Crippen LogP contribution in [0.4, 0.5) is 4.79 Å². The third kappa shape index (κ3) is 4.60. The fourth-order valence-corrected chi connectivity index (χ4v) is 1.93. The van der Waals surface area contributed by atoms with Gasteiger partial charge in [0.1, 0.15) is 0 Å². The molecule has 18 heavy (non-hydrogen) atoms. The highest BCUT2D eigenvalue weighted by atomic mass is 16.4. The number of likely N-dealkylation sites (tertiary alicyclic amines) is 1. The molecule has 7 nitrogen and oxygen atoms in total. The third-order valence-electron chi connectivity index (χ3n) is 2.93. The van der Waals surface area contributed by atoms with E-state index in [-0.39, 0.29) is 19.0 Å². The van der Waals surface area contributed by atoms with E-state index in [0.29, 0.717) is 32.4 Å². The molecule has 0 aromatic heterocycles. The van der Waals surface area contributed by atoms with Crippen molar-refractivity contribution in [2.24, 2.45) is 11.7 Å². The Hall–Kier alpha value is -1.79. The molecular formula is C11H19N3O4. The van der Waals surface area contributed by atoms with E-state index >= 15 is 0 Å². The van der Waals surface area contributed by atoms with Gasteiger partial charge in [0.05, 0.1) is 5.92 Å². The van der Waals surface area contributed by atoms with Crippen molar-refractivity contribution in [3.8, 4) is 0 Å². The Morgan fingerprint density at radius 3 is 2.72 bits per heavy atom. The molecule has 0 bridgehead atoms. The van der Waals surface area contributed by atoms with Gasteiger partial charge in [0, 0.05) is 26.1 Å². The molecule has 7 heteroatoms. The topological polar surface area (TPSA) is 113 Å². The number of hydrogen-bond acceptors (Lipinski definition) is 3. The van der Waals surface area contributed by atoms with Gasteiger partial charge in [-0.1, -0.05) is 0 Å². The van der Waals surface area contributed by atoms with E-state index in [1.807, 2.05) is 0 Å². The first-order valence-electron chi connectivity index (χ1n) is 6.04. The molecule has 102 valence electrons. The van der Waals surface area contributed by atoms with E-state index in [1.165, 1.54) is 4.90 Å². The number of carboxylic acids is 1. The second-order valence-electron chi connectivity index (χ2n) is 4.43. The molecular weight excluding hydrogens is 238 g/mol. The molecule has 1 aliphatic heterocycles. The van der Waals surface area contributed by atoms with Crippen LogP contribution in [0, 0.1) is 5.92 Å². The maximum Gasteiger partial charge on any atom is 0.317 e. The summed E-state index contributed by atoms with van der Waals surface area (Å²) in [5, 5.41) is 11.6. The Balaban J connectivity index is 2.28. The Kier molecular flexibility index (Phi) is 5.41. The lowest BCUT2D eigenvalue weighted by Gasteiger charge is -2.30. The molecule has 0 aromatic rings. The lowest BCUT2D eigenvalue weighted by atomic mass is 9.99. The molecule has 0 aromatic carbocycles. The standard InChI is InChI=1S/C11H19N3O4/c12-9(15)4-1-5-13-11(18)14-6-2-3-8(7-14)10(16)17/h8H,1-7H2,(H2,12,15)(H,13,18)(H,16,17)/t8-/m0/s1. The van der Waals surface area contributed by atoms with Gasteiger partial charge in [0.15, 0.2) is 0 Å². The summed E-state index contributed by atoms with van der Waals surface area (Å²) in [7, 11) is 0. The van der Waals surface area contributed by atoms with Crippen LogP contribution < -0.4 is 11.1 Å². The largest absolute Gasteiger partial charge is 0.481 e. The number of hydrogen-bond donors (Lipinski definition) is 3. The highest BCUT2D eigenvalue weighted by Crippen LogP contribution is 2.16. The SMILES string of the molecule is NC(=O)CCCNC(=O)N1CCC[C@H](C(=O)O)C1. The normalized spacial score (nSPS) is 19.3. The lowest BCUT2D eigenvalue weighted by molar-refractivity contribution is -0.143. The summed E-state index contributed by atoms with van der Waals surface area (Å²) in [5.41, 5.74) is 4.98. The predicted molar refractivity (Wildman–Crippen MR) is 63.8 cm³/mol. The van der Waals surface area contributed by atoms with Crippen LogP contribution in [0.5, 0.6) is 0 Å².